The van der Waals surface area contributed by atoms with Crippen molar-refractivity contribution in [3.8, 4) is 5.75 Å². The molecular weight excluding hydrogens is 266 g/mol. The molecular formula is C13H18BrNO. The average molecular weight is 284 g/mol. The van der Waals surface area contributed by atoms with E-state index in [0.29, 0.717) is 0 Å². The summed E-state index contributed by atoms with van der Waals surface area (Å²) in [7, 11) is 0. The molecule has 1 aliphatic heterocycles. The number of fused-ring (bicyclic) bond motifs is 1. The molecule has 1 heterocycles. The molecule has 0 aromatic heterocycles. The van der Waals surface area contributed by atoms with E-state index in [4.69, 9.17) is 4.74 Å². The topological polar surface area (TPSA) is 21.3 Å². The van der Waals surface area contributed by atoms with Crippen LogP contribution in [-0.2, 0) is 12.8 Å². The maximum atomic E-state index is 5.70. The second kappa shape index (κ2) is 5.69. The molecule has 1 N–H and O–H groups in total. The Hall–Kier alpha value is -0.540. The first-order valence-corrected chi connectivity index (χ1v) is 6.75. The zero-order valence-electron chi connectivity index (χ0n) is 9.68. The Morgan fingerprint density at radius 1 is 1.44 bits per heavy atom. The second-order valence-electron chi connectivity index (χ2n) is 4.11. The van der Waals surface area contributed by atoms with Gasteiger partial charge in [0.2, 0.25) is 0 Å². The van der Waals surface area contributed by atoms with Crippen LogP contribution in [-0.4, -0.2) is 19.7 Å². The van der Waals surface area contributed by atoms with Crippen LogP contribution in [0.4, 0.5) is 0 Å². The third-order valence-corrected chi connectivity index (χ3v) is 3.33. The number of hydrogen-bond acceptors (Lipinski definition) is 2. The molecule has 1 aliphatic rings. The Morgan fingerprint density at radius 3 is 3.12 bits per heavy atom. The summed E-state index contributed by atoms with van der Waals surface area (Å²) in [6, 6.07) is 4.37. The zero-order chi connectivity index (χ0) is 11.4. The molecule has 0 fully saturated rings. The van der Waals surface area contributed by atoms with E-state index < -0.39 is 0 Å². The van der Waals surface area contributed by atoms with Crippen molar-refractivity contribution < 1.29 is 4.74 Å². The molecule has 0 spiro atoms. The molecule has 0 unspecified atom stereocenters. The van der Waals surface area contributed by atoms with Gasteiger partial charge in [0.15, 0.2) is 0 Å². The molecule has 0 radical (unpaired) electrons. The van der Waals surface area contributed by atoms with Gasteiger partial charge < -0.3 is 10.1 Å². The Balaban J connectivity index is 2.03. The molecule has 0 amide bonds. The first-order valence-electron chi connectivity index (χ1n) is 5.96. The molecule has 0 atom stereocenters. The van der Waals surface area contributed by atoms with Gasteiger partial charge in [-0.1, -0.05) is 22.9 Å². The van der Waals surface area contributed by atoms with Crippen molar-refractivity contribution in [3.05, 3.63) is 27.7 Å². The third kappa shape index (κ3) is 2.77. The van der Waals surface area contributed by atoms with Gasteiger partial charge in [0.1, 0.15) is 5.75 Å². The van der Waals surface area contributed by atoms with Crippen LogP contribution in [0.2, 0.25) is 0 Å². The summed E-state index contributed by atoms with van der Waals surface area (Å²) in [4.78, 5) is 0. The van der Waals surface area contributed by atoms with Gasteiger partial charge in [-0.2, -0.15) is 0 Å². The smallest absolute Gasteiger partial charge is 0.125 e. The van der Waals surface area contributed by atoms with Crippen LogP contribution in [0.25, 0.3) is 0 Å². The van der Waals surface area contributed by atoms with E-state index in [0.717, 1.165) is 38.3 Å². The van der Waals surface area contributed by atoms with Crippen molar-refractivity contribution >= 4 is 15.9 Å². The monoisotopic (exact) mass is 283 g/mol. The van der Waals surface area contributed by atoms with E-state index in [1.807, 2.05) is 0 Å². The van der Waals surface area contributed by atoms with Gasteiger partial charge in [-0.3, -0.25) is 0 Å². The molecule has 0 saturated heterocycles. The number of halogens is 1. The van der Waals surface area contributed by atoms with E-state index in [1.54, 1.807) is 0 Å². The lowest BCUT2D eigenvalue weighted by molar-refractivity contribution is 0.353. The van der Waals surface area contributed by atoms with E-state index in [9.17, 15) is 0 Å². The highest BCUT2D eigenvalue weighted by atomic mass is 79.9. The summed E-state index contributed by atoms with van der Waals surface area (Å²) in [6.45, 7) is 5.11. The predicted octanol–water partition coefficient (Wildman–Crippen LogP) is 2.93. The minimum atomic E-state index is 0.839. The molecule has 0 aliphatic carbocycles. The second-order valence-corrected chi connectivity index (χ2v) is 5.02. The fraction of sp³-hybridized carbons (Fsp3) is 0.538. The fourth-order valence-corrected chi connectivity index (χ4v) is 2.66. The van der Waals surface area contributed by atoms with Gasteiger partial charge in [0.05, 0.1) is 6.61 Å². The minimum absolute atomic E-state index is 0.839. The van der Waals surface area contributed by atoms with Crippen LogP contribution in [0.3, 0.4) is 0 Å². The van der Waals surface area contributed by atoms with Gasteiger partial charge in [-0.05, 0) is 49.2 Å². The molecule has 88 valence electrons. The van der Waals surface area contributed by atoms with Crippen LogP contribution < -0.4 is 10.1 Å². The molecule has 1 aromatic rings. The van der Waals surface area contributed by atoms with Gasteiger partial charge in [-0.25, -0.2) is 0 Å². The number of ether oxygens (including phenoxy) is 1. The minimum Gasteiger partial charge on any atom is -0.493 e. The number of aryl methyl sites for hydroxylation is 1. The van der Waals surface area contributed by atoms with Crippen molar-refractivity contribution in [1.82, 2.24) is 5.32 Å². The lowest BCUT2D eigenvalue weighted by Gasteiger charge is -2.09. The van der Waals surface area contributed by atoms with Crippen molar-refractivity contribution in [3.63, 3.8) is 0 Å². The first-order chi connectivity index (χ1) is 7.81. The molecule has 1 aromatic carbocycles. The maximum absolute atomic E-state index is 5.70. The van der Waals surface area contributed by atoms with Crippen LogP contribution in [0.15, 0.2) is 16.6 Å². The molecule has 2 nitrogen and oxygen atoms in total. The van der Waals surface area contributed by atoms with Crippen molar-refractivity contribution in [2.45, 2.75) is 26.2 Å². The number of benzene rings is 1. The van der Waals surface area contributed by atoms with Crippen LogP contribution in [0, 0.1) is 0 Å². The van der Waals surface area contributed by atoms with Crippen LogP contribution in [0.5, 0.6) is 5.75 Å². The van der Waals surface area contributed by atoms with Gasteiger partial charge >= 0.3 is 0 Å². The third-order valence-electron chi connectivity index (χ3n) is 2.88. The van der Waals surface area contributed by atoms with Crippen LogP contribution in [0.1, 0.15) is 24.5 Å². The quantitative estimate of drug-likeness (QED) is 0.839. The summed E-state index contributed by atoms with van der Waals surface area (Å²) >= 11 is 3.57. The summed E-state index contributed by atoms with van der Waals surface area (Å²) < 4.78 is 6.88. The molecule has 3 heteroatoms. The van der Waals surface area contributed by atoms with Gasteiger partial charge in [-0.15, -0.1) is 0 Å². The Kier molecular flexibility index (Phi) is 4.24. The molecule has 16 heavy (non-hydrogen) atoms. The highest BCUT2D eigenvalue weighted by Crippen LogP contribution is 2.33. The lowest BCUT2D eigenvalue weighted by atomic mass is 10.0. The highest BCUT2D eigenvalue weighted by molar-refractivity contribution is 9.10. The van der Waals surface area contributed by atoms with E-state index in [2.05, 4.69) is 40.3 Å². The van der Waals surface area contributed by atoms with Gasteiger partial charge in [0.25, 0.3) is 0 Å². The number of rotatable bonds is 5. The van der Waals surface area contributed by atoms with E-state index >= 15 is 0 Å². The van der Waals surface area contributed by atoms with Crippen molar-refractivity contribution in [2.75, 3.05) is 19.7 Å². The molecule has 0 bridgehead atoms. The largest absolute Gasteiger partial charge is 0.493 e. The number of nitrogens with one attached hydrogen (secondary N) is 1. The maximum Gasteiger partial charge on any atom is 0.125 e. The molecule has 2 rings (SSSR count). The Bertz CT molecular complexity index is 365. The average Bonchev–Trinajstić information content (AvgIpc) is 2.72. The van der Waals surface area contributed by atoms with E-state index in [-0.39, 0.29) is 0 Å². The summed E-state index contributed by atoms with van der Waals surface area (Å²) in [5.41, 5.74) is 2.70. The summed E-state index contributed by atoms with van der Waals surface area (Å²) in [5, 5.41) is 3.35. The summed E-state index contributed by atoms with van der Waals surface area (Å²) in [5.74, 6) is 1.14. The van der Waals surface area contributed by atoms with Crippen molar-refractivity contribution in [1.29, 1.82) is 0 Å². The van der Waals surface area contributed by atoms with Gasteiger partial charge in [0, 0.05) is 10.9 Å². The van der Waals surface area contributed by atoms with E-state index in [1.165, 1.54) is 22.0 Å². The summed E-state index contributed by atoms with van der Waals surface area (Å²) in [6.07, 6.45) is 3.31. The van der Waals surface area contributed by atoms with Crippen molar-refractivity contribution in [2.24, 2.45) is 0 Å². The first kappa shape index (κ1) is 11.9. The Labute approximate surface area is 106 Å². The standard InChI is InChI=1S/C13H18BrNO/c1-2-15-6-3-4-10-8-12(14)9-11-5-7-16-13(10)11/h8-9,15H,2-7H2,1H3. The molecule has 0 saturated carbocycles. The Morgan fingerprint density at radius 2 is 2.31 bits per heavy atom. The highest BCUT2D eigenvalue weighted by Gasteiger charge is 2.16. The lowest BCUT2D eigenvalue weighted by Crippen LogP contribution is -2.14. The number of hydrogen-bond donors (Lipinski definition) is 1. The SMILES string of the molecule is CCNCCCc1cc(Br)cc2c1OCC2. The fourth-order valence-electron chi connectivity index (χ4n) is 2.11. The predicted molar refractivity (Wildman–Crippen MR) is 70.2 cm³/mol. The zero-order valence-corrected chi connectivity index (χ0v) is 11.3. The normalized spacial score (nSPS) is 13.6. The van der Waals surface area contributed by atoms with Crippen LogP contribution >= 0.6 is 15.9 Å².